The number of esters is 1. The summed E-state index contributed by atoms with van der Waals surface area (Å²) in [6.07, 6.45) is 38.3. The fraction of sp³-hybridized carbons (Fsp3) is 0.850. The van der Waals surface area contributed by atoms with Crippen LogP contribution in [0.15, 0.2) is 24.3 Å². The molecule has 0 spiro atoms. The predicted octanol–water partition coefficient (Wildman–Crippen LogP) is 9.51. The second-order valence-corrected chi connectivity index (χ2v) is 13.6. The number of unbranched alkanes of at least 4 members (excludes halogenated alkanes) is 18. The molecule has 0 saturated carbocycles. The third kappa shape index (κ3) is 60.2. The number of nitrogens with zero attached hydrogens (tertiary/aromatic N) is 1. The second-order valence-electron chi connectivity index (χ2n) is 12.6. The zero-order chi connectivity index (χ0) is 35.3. The molecule has 288 valence electrons. The average molecular weight is 703 g/mol. The van der Waals surface area contributed by atoms with E-state index in [0.717, 1.165) is 70.7 Å². The van der Waals surface area contributed by atoms with Crippen molar-refractivity contribution in [3.63, 3.8) is 0 Å². The summed E-state index contributed by atoms with van der Waals surface area (Å²) < 4.78 is 5.23. The largest absolute Gasteiger partial charge is 0.461 e. The molecule has 7 nitrogen and oxygen atoms in total. The van der Waals surface area contributed by atoms with Crippen LogP contribution in [0.4, 0.5) is 0 Å². The number of hydrogen-bond donors (Lipinski definition) is 2. The maximum atomic E-state index is 11.6. The van der Waals surface area contributed by atoms with Crippen LogP contribution >= 0.6 is 11.8 Å². The van der Waals surface area contributed by atoms with Crippen molar-refractivity contribution in [2.45, 2.75) is 162 Å². The standard InChI is InChI=1S/C23H43NO3.C12H24O.C5H13NS.H2O/c1-2-3-4-5-6-7-8-11-17-22-27-23(26)18-13-12-15-20-24-19-14-9-10-16-21-25;1-2-3-4-5-6-7-8-9-10-11-12-13;1-6(2)4-5-7-3;/h11,17,21,24H,2-10,12-16,18-20,22H2,1H3;10-11,13H,2-9,12H2,1H3;4-5H2,1-3H3;1H2/b17-11-;11-10-;;. The number of nitrogens with one attached hydrogen (secondary N) is 1. The Morgan fingerprint density at radius 3 is 1.65 bits per heavy atom. The third-order valence-corrected chi connectivity index (χ3v) is 8.22. The van der Waals surface area contributed by atoms with Crippen LogP contribution in [0.5, 0.6) is 0 Å². The molecule has 0 saturated heterocycles. The SMILES string of the molecule is CCCCCCCC/C=C\COC(=O)CCCCCNCCCCCC=O.CCCCCCCCC/C=C\CO.CSCCN(C)C.O. The van der Waals surface area contributed by atoms with Gasteiger partial charge in [-0.15, -0.1) is 0 Å². The smallest absolute Gasteiger partial charge is 0.306 e. The van der Waals surface area contributed by atoms with E-state index < -0.39 is 0 Å². The Balaban J connectivity index is -0.000000380. The number of aliphatic hydroxyl groups excluding tert-OH is 1. The van der Waals surface area contributed by atoms with E-state index in [1.807, 2.05) is 23.9 Å². The highest BCUT2D eigenvalue weighted by molar-refractivity contribution is 7.98. The molecule has 4 N–H and O–H groups in total. The van der Waals surface area contributed by atoms with E-state index in [9.17, 15) is 9.59 Å². The van der Waals surface area contributed by atoms with Crippen molar-refractivity contribution in [1.29, 1.82) is 0 Å². The summed E-state index contributed by atoms with van der Waals surface area (Å²) in [5, 5.41) is 11.9. The Kier molecular flexibility index (Phi) is 58.8. The molecule has 0 unspecified atom stereocenters. The van der Waals surface area contributed by atoms with Gasteiger partial charge < -0.3 is 30.3 Å². The quantitative estimate of drug-likeness (QED) is 0.0303. The first-order valence-electron chi connectivity index (χ1n) is 19.3. The molecule has 0 aliphatic carbocycles. The maximum Gasteiger partial charge on any atom is 0.306 e. The number of ether oxygens (including phenoxy) is 1. The van der Waals surface area contributed by atoms with Crippen LogP contribution in [0.25, 0.3) is 0 Å². The lowest BCUT2D eigenvalue weighted by atomic mass is 10.1. The third-order valence-electron chi connectivity index (χ3n) is 7.63. The van der Waals surface area contributed by atoms with Crippen LogP contribution in [0.3, 0.4) is 0 Å². The lowest BCUT2D eigenvalue weighted by Crippen LogP contribution is -2.16. The Labute approximate surface area is 303 Å². The number of thioether (sulfide) groups is 1. The summed E-state index contributed by atoms with van der Waals surface area (Å²) in [7, 11) is 4.19. The molecule has 0 aromatic heterocycles. The van der Waals surface area contributed by atoms with E-state index in [0.29, 0.717) is 19.4 Å². The van der Waals surface area contributed by atoms with Gasteiger partial charge in [0, 0.05) is 25.1 Å². The fourth-order valence-electron chi connectivity index (χ4n) is 4.60. The van der Waals surface area contributed by atoms with E-state index >= 15 is 0 Å². The normalized spacial score (nSPS) is 10.8. The van der Waals surface area contributed by atoms with E-state index in [1.54, 1.807) is 0 Å². The van der Waals surface area contributed by atoms with Crippen molar-refractivity contribution < 1.29 is 24.9 Å². The Morgan fingerprint density at radius 2 is 1.17 bits per heavy atom. The zero-order valence-corrected chi connectivity index (χ0v) is 33.2. The van der Waals surface area contributed by atoms with Crippen molar-refractivity contribution in [1.82, 2.24) is 10.2 Å². The zero-order valence-electron chi connectivity index (χ0n) is 32.4. The van der Waals surface area contributed by atoms with Crippen LogP contribution in [-0.4, -0.2) is 86.7 Å². The van der Waals surface area contributed by atoms with Crippen molar-refractivity contribution in [3.05, 3.63) is 24.3 Å². The molecule has 0 atom stereocenters. The van der Waals surface area contributed by atoms with Gasteiger partial charge in [-0.05, 0) is 84.8 Å². The van der Waals surface area contributed by atoms with Gasteiger partial charge in [0.05, 0.1) is 6.61 Å². The fourth-order valence-corrected chi connectivity index (χ4v) is 5.15. The molecular weight excluding hydrogens is 621 g/mol. The summed E-state index contributed by atoms with van der Waals surface area (Å²) >= 11 is 1.89. The Bertz CT molecular complexity index is 647. The first kappa shape index (κ1) is 53.6. The van der Waals surface area contributed by atoms with Crippen LogP contribution in [0, 0.1) is 0 Å². The summed E-state index contributed by atoms with van der Waals surface area (Å²) in [5.41, 5.74) is 0. The molecular formula is C40H82N2O5S. The van der Waals surface area contributed by atoms with Crippen LogP contribution < -0.4 is 5.32 Å². The van der Waals surface area contributed by atoms with E-state index in [1.165, 1.54) is 95.8 Å². The predicted molar refractivity (Wildman–Crippen MR) is 213 cm³/mol. The van der Waals surface area contributed by atoms with Gasteiger partial charge in [0.25, 0.3) is 0 Å². The van der Waals surface area contributed by atoms with Crippen LogP contribution in [0.1, 0.15) is 162 Å². The summed E-state index contributed by atoms with van der Waals surface area (Å²) in [6, 6.07) is 0. The van der Waals surface area contributed by atoms with Gasteiger partial charge in [0.15, 0.2) is 0 Å². The van der Waals surface area contributed by atoms with Gasteiger partial charge in [-0.1, -0.05) is 122 Å². The average Bonchev–Trinajstić information content (AvgIpc) is 3.07. The monoisotopic (exact) mass is 703 g/mol. The minimum absolute atomic E-state index is 0. The molecule has 0 aromatic carbocycles. The number of carbonyl (C=O) groups is 2. The molecule has 0 radical (unpaired) electrons. The van der Waals surface area contributed by atoms with Gasteiger partial charge >= 0.3 is 5.97 Å². The molecule has 0 aromatic rings. The highest BCUT2D eigenvalue weighted by Crippen LogP contribution is 2.09. The van der Waals surface area contributed by atoms with Gasteiger partial charge in [-0.2, -0.15) is 11.8 Å². The first-order valence-corrected chi connectivity index (χ1v) is 20.7. The van der Waals surface area contributed by atoms with Crippen LogP contribution in [0.2, 0.25) is 0 Å². The number of carbonyl (C=O) groups excluding carboxylic acids is 2. The summed E-state index contributed by atoms with van der Waals surface area (Å²) in [5.74, 6) is 1.16. The van der Waals surface area contributed by atoms with Gasteiger partial charge in [-0.25, -0.2) is 0 Å². The lowest BCUT2D eigenvalue weighted by Gasteiger charge is -2.05. The molecule has 0 fully saturated rings. The molecule has 0 bridgehead atoms. The summed E-state index contributed by atoms with van der Waals surface area (Å²) in [6.45, 7) is 8.32. The van der Waals surface area contributed by atoms with Crippen molar-refractivity contribution in [2.75, 3.05) is 59.0 Å². The topological polar surface area (TPSA) is 110 Å². The van der Waals surface area contributed by atoms with Gasteiger partial charge in [0.2, 0.25) is 0 Å². The Hall–Kier alpha value is -1.19. The van der Waals surface area contributed by atoms with E-state index in [4.69, 9.17) is 9.84 Å². The van der Waals surface area contributed by atoms with E-state index in [2.05, 4.69) is 56.6 Å². The van der Waals surface area contributed by atoms with Crippen LogP contribution in [-0.2, 0) is 14.3 Å². The number of hydrogen-bond acceptors (Lipinski definition) is 7. The minimum atomic E-state index is -0.0812. The van der Waals surface area contributed by atoms with Crippen molar-refractivity contribution in [2.24, 2.45) is 0 Å². The van der Waals surface area contributed by atoms with Gasteiger partial charge in [0.1, 0.15) is 12.9 Å². The highest BCUT2D eigenvalue weighted by atomic mass is 32.2. The van der Waals surface area contributed by atoms with Crippen molar-refractivity contribution in [3.8, 4) is 0 Å². The van der Waals surface area contributed by atoms with E-state index in [-0.39, 0.29) is 18.1 Å². The Morgan fingerprint density at radius 1 is 0.688 bits per heavy atom. The molecule has 0 amide bonds. The highest BCUT2D eigenvalue weighted by Gasteiger charge is 2.01. The molecule has 48 heavy (non-hydrogen) atoms. The van der Waals surface area contributed by atoms with Gasteiger partial charge in [-0.3, -0.25) is 4.79 Å². The maximum absolute atomic E-state index is 11.6. The second kappa shape index (κ2) is 52.6. The first-order chi connectivity index (χ1) is 23.0. The number of rotatable bonds is 33. The number of allylic oxidation sites excluding steroid dienone is 2. The number of aldehydes is 1. The molecule has 0 rings (SSSR count). The minimum Gasteiger partial charge on any atom is -0.461 e. The number of aliphatic hydroxyl groups is 1. The van der Waals surface area contributed by atoms with Crippen molar-refractivity contribution >= 4 is 24.0 Å². The molecule has 0 heterocycles. The molecule has 8 heteroatoms. The lowest BCUT2D eigenvalue weighted by molar-refractivity contribution is -0.142. The molecule has 0 aliphatic rings. The molecule has 0 aliphatic heterocycles. The summed E-state index contributed by atoms with van der Waals surface area (Å²) in [4.78, 5) is 24.0.